The van der Waals surface area contributed by atoms with E-state index in [1.807, 2.05) is 48.5 Å². The first-order valence-electron chi connectivity index (χ1n) is 10.4. The van der Waals surface area contributed by atoms with E-state index in [9.17, 15) is 9.59 Å². The maximum absolute atomic E-state index is 12.5. The summed E-state index contributed by atoms with van der Waals surface area (Å²) in [7, 11) is 0. The van der Waals surface area contributed by atoms with E-state index in [4.69, 9.17) is 0 Å². The van der Waals surface area contributed by atoms with E-state index in [1.165, 1.54) is 25.7 Å². The fourth-order valence-corrected chi connectivity index (χ4v) is 3.02. The average Bonchev–Trinajstić information content (AvgIpc) is 2.76. The van der Waals surface area contributed by atoms with Gasteiger partial charge in [0.05, 0.1) is 12.5 Å². The zero-order valence-electron chi connectivity index (χ0n) is 17.1. The molecule has 0 fully saturated rings. The van der Waals surface area contributed by atoms with Gasteiger partial charge in [-0.15, -0.1) is 0 Å². The Kier molecular flexibility index (Phi) is 10.2. The molecule has 2 aromatic rings. The van der Waals surface area contributed by atoms with Gasteiger partial charge in [-0.25, -0.2) is 5.43 Å². The highest BCUT2D eigenvalue weighted by Crippen LogP contribution is 2.17. The number of hydrogen-bond donors (Lipinski definition) is 2. The number of nitrogens with one attached hydrogen (secondary N) is 2. The molecule has 29 heavy (non-hydrogen) atoms. The van der Waals surface area contributed by atoms with Crippen LogP contribution >= 0.6 is 0 Å². The van der Waals surface area contributed by atoms with Crippen molar-refractivity contribution in [3.8, 4) is 0 Å². The molecule has 0 aliphatic rings. The lowest BCUT2D eigenvalue weighted by molar-refractivity contribution is -0.121. The number of benzene rings is 2. The van der Waals surface area contributed by atoms with Crippen LogP contribution in [0.1, 0.15) is 73.8 Å². The van der Waals surface area contributed by atoms with Gasteiger partial charge in [0.2, 0.25) is 5.91 Å². The molecule has 2 amide bonds. The van der Waals surface area contributed by atoms with Crippen molar-refractivity contribution >= 4 is 18.0 Å². The highest BCUT2D eigenvalue weighted by molar-refractivity contribution is 5.94. The van der Waals surface area contributed by atoms with Crippen LogP contribution in [0.5, 0.6) is 0 Å². The summed E-state index contributed by atoms with van der Waals surface area (Å²) in [4.78, 5) is 24.9. The number of unbranched alkanes of at least 4 members (excludes halogenated alkanes) is 5. The SMILES string of the molecule is CCCCCCC/C=N\NC(=O)C[C@H](NC(=O)c1ccccc1)c1ccccc1. The second-order valence-electron chi connectivity index (χ2n) is 7.06. The van der Waals surface area contributed by atoms with Gasteiger partial charge in [0.1, 0.15) is 0 Å². The fraction of sp³-hybridized carbons (Fsp3) is 0.375. The molecule has 0 unspecified atom stereocenters. The number of hydrazone groups is 1. The molecule has 0 bridgehead atoms. The zero-order chi connectivity index (χ0) is 20.7. The lowest BCUT2D eigenvalue weighted by Crippen LogP contribution is -2.32. The number of carbonyl (C=O) groups is 2. The largest absolute Gasteiger partial charge is 0.345 e. The van der Waals surface area contributed by atoms with E-state index in [-0.39, 0.29) is 18.2 Å². The number of nitrogens with zero attached hydrogens (tertiary/aromatic N) is 1. The number of hydrogen-bond acceptors (Lipinski definition) is 3. The molecule has 0 aliphatic heterocycles. The Morgan fingerprint density at radius 2 is 1.59 bits per heavy atom. The highest BCUT2D eigenvalue weighted by atomic mass is 16.2. The van der Waals surface area contributed by atoms with E-state index in [2.05, 4.69) is 22.8 Å². The van der Waals surface area contributed by atoms with Crippen molar-refractivity contribution in [3.63, 3.8) is 0 Å². The second kappa shape index (κ2) is 13.3. The Morgan fingerprint density at radius 1 is 0.931 bits per heavy atom. The van der Waals surface area contributed by atoms with Gasteiger partial charge in [-0.05, 0) is 30.5 Å². The summed E-state index contributed by atoms with van der Waals surface area (Å²) in [6.45, 7) is 2.20. The first-order valence-corrected chi connectivity index (χ1v) is 10.4. The second-order valence-corrected chi connectivity index (χ2v) is 7.06. The summed E-state index contributed by atoms with van der Waals surface area (Å²) in [5.74, 6) is -0.433. The van der Waals surface area contributed by atoms with E-state index < -0.39 is 6.04 Å². The summed E-state index contributed by atoms with van der Waals surface area (Å²) in [6, 6.07) is 18.1. The van der Waals surface area contributed by atoms with Crippen LogP contribution in [0, 0.1) is 0 Å². The Morgan fingerprint density at radius 3 is 2.28 bits per heavy atom. The van der Waals surface area contributed by atoms with Crippen molar-refractivity contribution < 1.29 is 9.59 Å². The van der Waals surface area contributed by atoms with E-state index in [0.717, 1.165) is 18.4 Å². The van der Waals surface area contributed by atoms with Crippen molar-refractivity contribution in [1.82, 2.24) is 10.7 Å². The first-order chi connectivity index (χ1) is 14.2. The zero-order valence-corrected chi connectivity index (χ0v) is 17.1. The van der Waals surface area contributed by atoms with E-state index >= 15 is 0 Å². The van der Waals surface area contributed by atoms with Crippen molar-refractivity contribution in [2.75, 3.05) is 0 Å². The first kappa shape index (κ1) is 22.3. The molecule has 2 rings (SSSR count). The fourth-order valence-electron chi connectivity index (χ4n) is 3.02. The molecule has 0 spiro atoms. The van der Waals surface area contributed by atoms with Crippen LogP contribution in [0.25, 0.3) is 0 Å². The highest BCUT2D eigenvalue weighted by Gasteiger charge is 2.19. The lowest BCUT2D eigenvalue weighted by Gasteiger charge is -2.18. The predicted octanol–water partition coefficient (Wildman–Crippen LogP) is 5.01. The van der Waals surface area contributed by atoms with Crippen molar-refractivity contribution in [2.45, 2.75) is 57.9 Å². The molecule has 1 atom stereocenters. The molecule has 0 aromatic heterocycles. The molecule has 0 heterocycles. The Bertz CT molecular complexity index is 760. The smallest absolute Gasteiger partial charge is 0.251 e. The van der Waals surface area contributed by atoms with Crippen LogP contribution in [0.3, 0.4) is 0 Å². The molecule has 2 N–H and O–H groups in total. The van der Waals surface area contributed by atoms with Gasteiger partial charge < -0.3 is 5.32 Å². The van der Waals surface area contributed by atoms with Crippen molar-refractivity contribution in [1.29, 1.82) is 0 Å². The molecule has 0 saturated carbocycles. The van der Waals surface area contributed by atoms with Crippen LogP contribution in [0.2, 0.25) is 0 Å². The molecule has 0 aliphatic carbocycles. The summed E-state index contributed by atoms with van der Waals surface area (Å²) in [5, 5.41) is 7.00. The maximum atomic E-state index is 12.5. The monoisotopic (exact) mass is 393 g/mol. The third-order valence-electron chi connectivity index (χ3n) is 4.65. The van der Waals surface area contributed by atoms with Gasteiger partial charge in [0.25, 0.3) is 5.91 Å². The van der Waals surface area contributed by atoms with Gasteiger partial charge >= 0.3 is 0 Å². The number of amides is 2. The minimum Gasteiger partial charge on any atom is -0.345 e. The Balaban J connectivity index is 1.87. The van der Waals surface area contributed by atoms with E-state index in [1.54, 1.807) is 18.3 Å². The Hall–Kier alpha value is -2.95. The van der Waals surface area contributed by atoms with Gasteiger partial charge in [-0.1, -0.05) is 81.1 Å². The summed E-state index contributed by atoms with van der Waals surface area (Å²) in [6.07, 6.45) is 8.75. The van der Waals surface area contributed by atoms with Gasteiger partial charge in [-0.3, -0.25) is 9.59 Å². The molecule has 0 radical (unpaired) electrons. The molecule has 0 saturated heterocycles. The molecule has 5 nitrogen and oxygen atoms in total. The third kappa shape index (κ3) is 8.73. The topological polar surface area (TPSA) is 70.6 Å². The maximum Gasteiger partial charge on any atom is 0.251 e. The molecular weight excluding hydrogens is 362 g/mol. The van der Waals surface area contributed by atoms with Crippen LogP contribution in [-0.2, 0) is 4.79 Å². The summed E-state index contributed by atoms with van der Waals surface area (Å²) in [5.41, 5.74) is 4.02. The summed E-state index contributed by atoms with van der Waals surface area (Å²) < 4.78 is 0. The lowest BCUT2D eigenvalue weighted by atomic mass is 10.0. The normalized spacial score (nSPS) is 11.9. The minimum absolute atomic E-state index is 0.121. The van der Waals surface area contributed by atoms with Gasteiger partial charge in [0.15, 0.2) is 0 Å². The number of rotatable bonds is 12. The third-order valence-corrected chi connectivity index (χ3v) is 4.65. The average molecular weight is 394 g/mol. The molecule has 154 valence electrons. The van der Waals surface area contributed by atoms with Crippen LogP contribution in [0.15, 0.2) is 65.8 Å². The molecule has 2 aromatic carbocycles. The van der Waals surface area contributed by atoms with Crippen LogP contribution in [-0.4, -0.2) is 18.0 Å². The van der Waals surface area contributed by atoms with Crippen molar-refractivity contribution in [2.24, 2.45) is 5.10 Å². The van der Waals surface area contributed by atoms with Gasteiger partial charge in [-0.2, -0.15) is 5.10 Å². The number of carbonyl (C=O) groups excluding carboxylic acids is 2. The standard InChI is InChI=1S/C24H31N3O2/c1-2-3-4-5-6-13-18-25-27-23(28)19-22(20-14-9-7-10-15-20)26-24(29)21-16-11-8-12-17-21/h7-12,14-18,22H,2-6,13,19H2,1H3,(H,26,29)(H,27,28)/b25-18-/t22-/m0/s1. The quantitative estimate of drug-likeness (QED) is 0.302. The Labute approximate surface area is 173 Å². The van der Waals surface area contributed by atoms with Crippen LogP contribution < -0.4 is 10.7 Å². The van der Waals surface area contributed by atoms with Crippen molar-refractivity contribution in [3.05, 3.63) is 71.8 Å². The summed E-state index contributed by atoms with van der Waals surface area (Å²) >= 11 is 0. The predicted molar refractivity (Wildman–Crippen MR) is 118 cm³/mol. The molecule has 5 heteroatoms. The molecular formula is C24H31N3O2. The van der Waals surface area contributed by atoms with Crippen LogP contribution in [0.4, 0.5) is 0 Å². The minimum atomic E-state index is -0.423. The van der Waals surface area contributed by atoms with Gasteiger partial charge in [0, 0.05) is 11.8 Å². The van der Waals surface area contributed by atoms with E-state index in [0.29, 0.717) is 5.56 Å².